The van der Waals surface area contributed by atoms with Crippen LogP contribution in [0.3, 0.4) is 0 Å². The smallest absolute Gasteiger partial charge is 0.385 e. The Morgan fingerprint density at radius 1 is 1.43 bits per heavy atom. The molecule has 0 aliphatic carbocycles. The lowest BCUT2D eigenvalue weighted by Gasteiger charge is -2.14. The minimum absolute atomic E-state index is 0.346. The number of carbonyl (C=O) groups is 1. The van der Waals surface area contributed by atoms with Gasteiger partial charge in [-0.25, -0.2) is 0 Å². The Balaban J connectivity index is 2.04. The quantitative estimate of drug-likeness (QED) is 0.781. The molecule has 1 atom stereocenters. The second-order valence-corrected chi connectivity index (χ2v) is 5.20. The largest absolute Gasteiger partial charge is 0.417 e. The van der Waals surface area contributed by atoms with Gasteiger partial charge in [0, 0.05) is 12.2 Å². The van der Waals surface area contributed by atoms with E-state index in [2.05, 4.69) is 10.6 Å². The Morgan fingerprint density at radius 3 is 2.76 bits per heavy atom. The molecule has 4 N–H and O–H groups in total. The number of carbonyl (C=O) groups excluding carboxylic acids is 1. The number of nitrogens with one attached hydrogen (secondary N) is 2. The van der Waals surface area contributed by atoms with Crippen molar-refractivity contribution < 1.29 is 18.0 Å². The minimum Gasteiger partial charge on any atom is -0.385 e. The van der Waals surface area contributed by atoms with Crippen LogP contribution in [-0.2, 0) is 6.18 Å². The van der Waals surface area contributed by atoms with Crippen molar-refractivity contribution in [2.45, 2.75) is 19.0 Å². The first-order valence-electron chi connectivity index (χ1n) is 6.83. The predicted molar refractivity (Wildman–Crippen MR) is 74.0 cm³/mol. The first-order valence-corrected chi connectivity index (χ1v) is 6.83. The molecule has 1 saturated heterocycles. The Hall–Kier alpha value is -1.76. The van der Waals surface area contributed by atoms with Crippen molar-refractivity contribution in [3.05, 3.63) is 29.3 Å². The molecule has 1 aliphatic rings. The molecule has 116 valence electrons. The molecule has 1 aromatic carbocycles. The van der Waals surface area contributed by atoms with Crippen LogP contribution in [-0.4, -0.2) is 25.5 Å². The fourth-order valence-electron chi connectivity index (χ4n) is 2.49. The van der Waals surface area contributed by atoms with E-state index >= 15 is 0 Å². The molecule has 1 aromatic rings. The highest BCUT2D eigenvalue weighted by Gasteiger charge is 2.35. The molecule has 1 fully saturated rings. The molecule has 4 nitrogen and oxygen atoms in total. The molecular weight excluding hydrogens is 283 g/mol. The van der Waals surface area contributed by atoms with E-state index in [-0.39, 0.29) is 0 Å². The summed E-state index contributed by atoms with van der Waals surface area (Å²) in [5.74, 6) is -0.518. The molecule has 21 heavy (non-hydrogen) atoms. The highest BCUT2D eigenvalue weighted by Crippen LogP contribution is 2.33. The van der Waals surface area contributed by atoms with E-state index in [1.165, 1.54) is 6.07 Å². The topological polar surface area (TPSA) is 67.2 Å². The Kier molecular flexibility index (Phi) is 4.72. The van der Waals surface area contributed by atoms with Gasteiger partial charge in [0.05, 0.1) is 11.1 Å². The van der Waals surface area contributed by atoms with Crippen LogP contribution in [0.5, 0.6) is 0 Å². The summed E-state index contributed by atoms with van der Waals surface area (Å²) in [6.07, 6.45) is -2.61. The summed E-state index contributed by atoms with van der Waals surface area (Å²) in [5.41, 5.74) is 3.82. The third-order valence-electron chi connectivity index (χ3n) is 3.63. The maximum Gasteiger partial charge on any atom is 0.417 e. The first kappa shape index (κ1) is 15.6. The van der Waals surface area contributed by atoms with E-state index in [4.69, 9.17) is 5.73 Å². The van der Waals surface area contributed by atoms with Gasteiger partial charge in [0.1, 0.15) is 0 Å². The maximum absolute atomic E-state index is 12.9. The number of alkyl halides is 3. The third-order valence-corrected chi connectivity index (χ3v) is 3.63. The van der Waals surface area contributed by atoms with Crippen molar-refractivity contribution in [2.24, 2.45) is 11.7 Å². The van der Waals surface area contributed by atoms with Crippen LogP contribution in [0.15, 0.2) is 18.2 Å². The van der Waals surface area contributed by atoms with Gasteiger partial charge in [0.2, 0.25) is 5.91 Å². The fourth-order valence-corrected chi connectivity index (χ4v) is 2.49. The maximum atomic E-state index is 12.9. The SMILES string of the molecule is NC(=O)c1ccc(NCCC2CCNC2)cc1C(F)(F)F. The number of primary amides is 1. The molecule has 1 amide bonds. The van der Waals surface area contributed by atoms with Crippen LogP contribution < -0.4 is 16.4 Å². The van der Waals surface area contributed by atoms with Gasteiger partial charge in [-0.2, -0.15) is 13.2 Å². The highest BCUT2D eigenvalue weighted by atomic mass is 19.4. The van der Waals surface area contributed by atoms with Gasteiger partial charge in [-0.3, -0.25) is 4.79 Å². The molecule has 0 saturated carbocycles. The minimum atomic E-state index is -4.60. The number of benzene rings is 1. The Bertz CT molecular complexity index is 511. The van der Waals surface area contributed by atoms with Gasteiger partial charge >= 0.3 is 6.18 Å². The number of rotatable bonds is 5. The fraction of sp³-hybridized carbons (Fsp3) is 0.500. The molecular formula is C14H18F3N3O. The predicted octanol–water partition coefficient (Wildman–Crippen LogP) is 2.22. The van der Waals surface area contributed by atoms with Crippen molar-refractivity contribution >= 4 is 11.6 Å². The Morgan fingerprint density at radius 2 is 2.19 bits per heavy atom. The van der Waals surface area contributed by atoms with Gasteiger partial charge in [0.15, 0.2) is 0 Å². The average molecular weight is 301 g/mol. The summed E-state index contributed by atoms with van der Waals surface area (Å²) >= 11 is 0. The van der Waals surface area contributed by atoms with Crippen LogP contribution in [0.2, 0.25) is 0 Å². The number of hydrogen-bond donors (Lipinski definition) is 3. The second-order valence-electron chi connectivity index (χ2n) is 5.20. The van der Waals surface area contributed by atoms with E-state index in [1.807, 2.05) is 0 Å². The van der Waals surface area contributed by atoms with Gasteiger partial charge in [-0.1, -0.05) is 0 Å². The summed E-state index contributed by atoms with van der Waals surface area (Å²) in [6, 6.07) is 3.50. The molecule has 1 unspecified atom stereocenters. The van der Waals surface area contributed by atoms with Gasteiger partial charge in [0.25, 0.3) is 0 Å². The molecule has 1 heterocycles. The van der Waals surface area contributed by atoms with E-state index in [0.29, 0.717) is 18.2 Å². The zero-order chi connectivity index (χ0) is 15.5. The summed E-state index contributed by atoms with van der Waals surface area (Å²) in [7, 11) is 0. The number of hydrogen-bond acceptors (Lipinski definition) is 3. The van der Waals surface area contributed by atoms with E-state index in [9.17, 15) is 18.0 Å². The second kappa shape index (κ2) is 6.34. The van der Waals surface area contributed by atoms with E-state index in [1.54, 1.807) is 0 Å². The zero-order valence-corrected chi connectivity index (χ0v) is 11.5. The highest BCUT2D eigenvalue weighted by molar-refractivity contribution is 5.95. The summed E-state index contributed by atoms with van der Waals surface area (Å²) < 4.78 is 38.7. The molecule has 0 spiro atoms. The molecule has 7 heteroatoms. The standard InChI is InChI=1S/C14H18F3N3O/c15-14(16,17)12-7-10(1-2-11(12)13(18)21)20-6-4-9-3-5-19-8-9/h1-2,7,9,19-20H,3-6,8H2,(H2,18,21). The van der Waals surface area contributed by atoms with E-state index in [0.717, 1.165) is 38.1 Å². The lowest BCUT2D eigenvalue weighted by Crippen LogP contribution is -2.19. The lowest BCUT2D eigenvalue weighted by molar-refractivity contribution is -0.137. The summed E-state index contributed by atoms with van der Waals surface area (Å²) in [6.45, 7) is 2.55. The van der Waals surface area contributed by atoms with E-state index < -0.39 is 23.2 Å². The van der Waals surface area contributed by atoms with Crippen molar-refractivity contribution in [2.75, 3.05) is 25.0 Å². The van der Waals surface area contributed by atoms with Crippen LogP contribution in [0, 0.1) is 5.92 Å². The van der Waals surface area contributed by atoms with Crippen molar-refractivity contribution in [1.29, 1.82) is 0 Å². The van der Waals surface area contributed by atoms with Gasteiger partial charge in [-0.05, 0) is 50.0 Å². The monoisotopic (exact) mass is 301 g/mol. The average Bonchev–Trinajstić information content (AvgIpc) is 2.90. The molecule has 1 aliphatic heterocycles. The number of nitrogens with two attached hydrogens (primary N) is 1. The van der Waals surface area contributed by atoms with Gasteiger partial charge < -0.3 is 16.4 Å². The van der Waals surface area contributed by atoms with Crippen LogP contribution in [0.25, 0.3) is 0 Å². The summed E-state index contributed by atoms with van der Waals surface area (Å²) in [4.78, 5) is 11.1. The number of anilines is 1. The molecule has 0 aromatic heterocycles. The van der Waals surface area contributed by atoms with Gasteiger partial charge in [-0.15, -0.1) is 0 Å². The van der Waals surface area contributed by atoms with Crippen molar-refractivity contribution in [3.8, 4) is 0 Å². The van der Waals surface area contributed by atoms with Crippen molar-refractivity contribution in [3.63, 3.8) is 0 Å². The third kappa shape index (κ3) is 4.10. The normalized spacial score (nSPS) is 18.7. The van der Waals surface area contributed by atoms with Crippen molar-refractivity contribution in [1.82, 2.24) is 5.32 Å². The number of amides is 1. The molecule has 0 bridgehead atoms. The number of halogens is 3. The molecule has 0 radical (unpaired) electrons. The van der Waals surface area contributed by atoms with Crippen LogP contribution in [0.1, 0.15) is 28.8 Å². The lowest BCUT2D eigenvalue weighted by atomic mass is 10.0. The van der Waals surface area contributed by atoms with Crippen LogP contribution >= 0.6 is 0 Å². The summed E-state index contributed by atoms with van der Waals surface area (Å²) in [5, 5.41) is 6.21. The first-order chi connectivity index (χ1) is 9.88. The molecule has 2 rings (SSSR count). The van der Waals surface area contributed by atoms with Crippen LogP contribution in [0.4, 0.5) is 18.9 Å². The zero-order valence-electron chi connectivity index (χ0n) is 11.5. The Labute approximate surface area is 120 Å².